The highest BCUT2D eigenvalue weighted by atomic mass is 32.1. The zero-order chi connectivity index (χ0) is 35.6. The number of rotatable bonds is 14. The van der Waals surface area contributed by atoms with Gasteiger partial charge >= 0.3 is 0 Å². The fourth-order valence-electron chi connectivity index (χ4n) is 5.25. The number of nitrogens with one attached hydrogen (secondary N) is 6. The second kappa shape index (κ2) is 16.4. The maximum absolute atomic E-state index is 13.9. The monoisotopic (exact) mass is 712 g/mol. The molecule has 0 unspecified atom stereocenters. The molecule has 1 aliphatic rings. The summed E-state index contributed by atoms with van der Waals surface area (Å²) in [5.74, 6) is -0.477. The van der Waals surface area contributed by atoms with Crippen molar-refractivity contribution in [3.63, 3.8) is 0 Å². The number of carbonyl (C=O) groups is 2. The van der Waals surface area contributed by atoms with Gasteiger partial charge in [-0.05, 0) is 73.7 Å². The van der Waals surface area contributed by atoms with Gasteiger partial charge in [0.2, 0.25) is 0 Å². The number of benzene rings is 4. The van der Waals surface area contributed by atoms with Crippen molar-refractivity contribution >= 4 is 80.4 Å². The number of anilines is 4. The molecule has 0 heterocycles. The van der Waals surface area contributed by atoms with Crippen LogP contribution in [0.4, 0.5) is 34.1 Å². The van der Waals surface area contributed by atoms with Crippen molar-refractivity contribution in [3.8, 4) is 0 Å². The van der Waals surface area contributed by atoms with Gasteiger partial charge in [-0.1, -0.05) is 24.3 Å². The number of ketones is 2. The van der Waals surface area contributed by atoms with Crippen molar-refractivity contribution in [2.45, 2.75) is 12.8 Å². The minimum atomic E-state index is -0.470. The molecule has 0 radical (unpaired) electrons. The van der Waals surface area contributed by atoms with Crippen molar-refractivity contribution in [3.05, 3.63) is 127 Å². The van der Waals surface area contributed by atoms with Gasteiger partial charge in [0.15, 0.2) is 21.8 Å². The molecule has 4 aromatic carbocycles. The summed E-state index contributed by atoms with van der Waals surface area (Å²) in [5, 5.41) is 41.1. The largest absolute Gasteiger partial charge is 0.384 e. The van der Waals surface area contributed by atoms with Crippen molar-refractivity contribution in [1.82, 2.24) is 10.6 Å². The number of fused-ring (bicyclic) bond motifs is 2. The average Bonchev–Trinajstić information content (AvgIpc) is 3.10. The third-order valence-electron chi connectivity index (χ3n) is 7.65. The summed E-state index contributed by atoms with van der Waals surface area (Å²) in [4.78, 5) is 48.2. The van der Waals surface area contributed by atoms with Gasteiger partial charge in [-0.2, -0.15) is 0 Å². The van der Waals surface area contributed by atoms with Gasteiger partial charge in [0, 0.05) is 84.3 Å². The Morgan fingerprint density at radius 3 is 1.34 bits per heavy atom. The zero-order valence-corrected chi connectivity index (χ0v) is 28.1. The average molecular weight is 713 g/mol. The molecular formula is C34H32N8O6S2. The van der Waals surface area contributed by atoms with Gasteiger partial charge in [-0.15, -0.1) is 0 Å². The van der Waals surface area contributed by atoms with E-state index in [1.807, 2.05) is 0 Å². The van der Waals surface area contributed by atoms with Crippen molar-refractivity contribution < 1.29 is 19.4 Å². The van der Waals surface area contributed by atoms with E-state index >= 15 is 0 Å². The second-order valence-corrected chi connectivity index (χ2v) is 11.9. The van der Waals surface area contributed by atoms with Crippen LogP contribution in [-0.4, -0.2) is 57.8 Å². The van der Waals surface area contributed by atoms with Crippen LogP contribution in [0.5, 0.6) is 0 Å². The summed E-state index contributed by atoms with van der Waals surface area (Å²) in [6.07, 6.45) is 1.27. The maximum Gasteiger partial charge on any atom is 0.269 e. The van der Waals surface area contributed by atoms with Gasteiger partial charge in [-0.3, -0.25) is 29.8 Å². The second-order valence-electron chi connectivity index (χ2n) is 11.0. The van der Waals surface area contributed by atoms with Crippen LogP contribution in [0.25, 0.3) is 0 Å². The summed E-state index contributed by atoms with van der Waals surface area (Å²) in [5.41, 5.74) is 3.68. The van der Waals surface area contributed by atoms with Crippen LogP contribution in [-0.2, 0) is 0 Å². The molecule has 0 bridgehead atoms. The topological polar surface area (TPSA) is 193 Å². The molecule has 6 N–H and O–H groups in total. The molecule has 16 heteroatoms. The number of hydrogen-bond donors (Lipinski definition) is 6. The lowest BCUT2D eigenvalue weighted by atomic mass is 9.82. The minimum absolute atomic E-state index is 0.0112. The Balaban J connectivity index is 1.11. The third kappa shape index (κ3) is 8.72. The first-order valence-corrected chi connectivity index (χ1v) is 16.4. The molecule has 0 aromatic heterocycles. The molecular weight excluding hydrogens is 681 g/mol. The van der Waals surface area contributed by atoms with Crippen molar-refractivity contribution in [1.29, 1.82) is 0 Å². The highest BCUT2D eigenvalue weighted by molar-refractivity contribution is 7.80. The predicted molar refractivity (Wildman–Crippen MR) is 201 cm³/mol. The molecule has 256 valence electrons. The number of hydrogen-bond acceptors (Lipinski definition) is 10. The molecule has 0 fully saturated rings. The molecule has 0 amide bonds. The van der Waals surface area contributed by atoms with E-state index in [2.05, 4.69) is 31.9 Å². The van der Waals surface area contributed by atoms with Gasteiger partial charge in [0.05, 0.1) is 21.0 Å². The van der Waals surface area contributed by atoms with Crippen molar-refractivity contribution in [2.75, 3.05) is 47.4 Å². The molecule has 5 rings (SSSR count). The summed E-state index contributed by atoms with van der Waals surface area (Å²) in [6.45, 7) is 2.01. The van der Waals surface area contributed by atoms with E-state index in [0.717, 1.165) is 0 Å². The molecule has 4 aromatic rings. The standard InChI is InChI=1S/C34H32N8O6S2/c43-31-25-5-1-7-27(35-17-3-19-37-33(49)39-21-9-13-23(14-10-21)41(45)46)29(25)32(44)30-26(31)6-2-8-28(30)36-18-4-20-38-34(50)40-22-11-15-24(16-12-22)42(47)48/h1-2,5-16,35-36H,3-4,17-20H2,(H2,37,39,49)(H2,38,40,50). The maximum atomic E-state index is 13.9. The number of nitro benzene ring substituents is 2. The van der Waals surface area contributed by atoms with Gasteiger partial charge < -0.3 is 31.9 Å². The van der Waals surface area contributed by atoms with Crippen LogP contribution in [0, 0.1) is 20.2 Å². The molecule has 0 saturated carbocycles. The lowest BCUT2D eigenvalue weighted by molar-refractivity contribution is -0.385. The predicted octanol–water partition coefficient (Wildman–Crippen LogP) is 5.86. The van der Waals surface area contributed by atoms with E-state index in [0.29, 0.717) is 94.2 Å². The van der Waals surface area contributed by atoms with Crippen LogP contribution in [0.3, 0.4) is 0 Å². The smallest absolute Gasteiger partial charge is 0.269 e. The summed E-state index contributed by atoms with van der Waals surface area (Å²) < 4.78 is 0. The van der Waals surface area contributed by atoms with Gasteiger partial charge in [0.25, 0.3) is 11.4 Å². The Morgan fingerprint density at radius 1 is 0.560 bits per heavy atom. The fraction of sp³-hybridized carbons (Fsp3) is 0.176. The summed E-state index contributed by atoms with van der Waals surface area (Å²) in [7, 11) is 0. The molecule has 0 spiro atoms. The number of non-ortho nitro benzene ring substituents is 2. The lowest BCUT2D eigenvalue weighted by Gasteiger charge is -2.23. The highest BCUT2D eigenvalue weighted by Crippen LogP contribution is 2.35. The lowest BCUT2D eigenvalue weighted by Crippen LogP contribution is -2.30. The van der Waals surface area contributed by atoms with Crippen LogP contribution in [0.1, 0.15) is 44.7 Å². The SMILES string of the molecule is O=C1c2cccc(NCCCNC(=S)Nc3ccc([N+](=O)[O-])cc3)c2C(=O)c2c(NCCCNC(=S)Nc3ccc([N+](=O)[O-])cc3)cccc21. The normalized spacial score (nSPS) is 11.4. The van der Waals surface area contributed by atoms with E-state index in [4.69, 9.17) is 24.4 Å². The molecule has 0 aliphatic heterocycles. The summed E-state index contributed by atoms with van der Waals surface area (Å²) in [6, 6.07) is 22.2. The first kappa shape index (κ1) is 35.3. The third-order valence-corrected chi connectivity index (χ3v) is 8.15. The van der Waals surface area contributed by atoms with E-state index in [9.17, 15) is 29.8 Å². The van der Waals surface area contributed by atoms with Crippen LogP contribution in [0.15, 0.2) is 84.9 Å². The van der Waals surface area contributed by atoms with E-state index < -0.39 is 9.85 Å². The Bertz CT molecular complexity index is 1820. The Labute approximate surface area is 297 Å². The van der Waals surface area contributed by atoms with E-state index in [1.54, 1.807) is 60.7 Å². The van der Waals surface area contributed by atoms with E-state index in [1.165, 1.54) is 24.3 Å². The molecule has 50 heavy (non-hydrogen) atoms. The van der Waals surface area contributed by atoms with Crippen LogP contribution < -0.4 is 31.9 Å². The first-order valence-electron chi connectivity index (χ1n) is 15.5. The molecule has 0 atom stereocenters. The molecule has 14 nitrogen and oxygen atoms in total. The van der Waals surface area contributed by atoms with Crippen LogP contribution in [0.2, 0.25) is 0 Å². The molecule has 1 aliphatic carbocycles. The van der Waals surface area contributed by atoms with Gasteiger partial charge in [0.1, 0.15) is 0 Å². The van der Waals surface area contributed by atoms with Crippen LogP contribution >= 0.6 is 24.4 Å². The Hall–Kier alpha value is -6.00. The zero-order valence-electron chi connectivity index (χ0n) is 26.5. The number of carbonyl (C=O) groups excluding carboxylic acids is 2. The fourth-order valence-corrected chi connectivity index (χ4v) is 5.69. The highest BCUT2D eigenvalue weighted by Gasteiger charge is 2.33. The number of thiocarbonyl (C=S) groups is 2. The number of nitrogens with zero attached hydrogens (tertiary/aromatic N) is 2. The Morgan fingerprint density at radius 2 is 0.960 bits per heavy atom. The summed E-state index contributed by atoms with van der Waals surface area (Å²) >= 11 is 10.6. The number of nitro groups is 2. The van der Waals surface area contributed by atoms with E-state index in [-0.39, 0.29) is 22.9 Å². The first-order chi connectivity index (χ1) is 24.1. The quantitative estimate of drug-likeness (QED) is 0.0347. The molecule has 0 saturated heterocycles. The Kier molecular flexibility index (Phi) is 11.6. The van der Waals surface area contributed by atoms with Crippen molar-refractivity contribution in [2.24, 2.45) is 0 Å². The van der Waals surface area contributed by atoms with Gasteiger partial charge in [-0.25, -0.2) is 0 Å². The minimum Gasteiger partial charge on any atom is -0.384 e.